The molecule has 0 spiro atoms. The number of benzene rings is 1. The third-order valence-electron chi connectivity index (χ3n) is 4.77. The fourth-order valence-electron chi connectivity index (χ4n) is 3.20. The van der Waals surface area contributed by atoms with Crippen LogP contribution in [-0.2, 0) is 4.79 Å². The highest BCUT2D eigenvalue weighted by Crippen LogP contribution is 2.44. The van der Waals surface area contributed by atoms with E-state index in [0.29, 0.717) is 19.3 Å². The lowest BCUT2D eigenvalue weighted by molar-refractivity contribution is -0.117. The van der Waals surface area contributed by atoms with Crippen molar-refractivity contribution in [3.63, 3.8) is 0 Å². The SMILES string of the molecule is O=C(/C=C/c1ccc2c(c1)OCCCO2)NC(C1CC1)C1CC1. The molecule has 1 aromatic carbocycles. The van der Waals surface area contributed by atoms with E-state index in [0.717, 1.165) is 35.3 Å². The predicted octanol–water partition coefficient (Wildman–Crippen LogP) is 3.17. The van der Waals surface area contributed by atoms with Crippen LogP contribution in [0.4, 0.5) is 0 Å². The number of hydrogen-bond donors (Lipinski definition) is 1. The van der Waals surface area contributed by atoms with Gasteiger partial charge in [0.1, 0.15) is 0 Å². The first-order valence-electron chi connectivity index (χ1n) is 8.68. The normalized spacial score (nSPS) is 20.6. The minimum atomic E-state index is 0.0147. The van der Waals surface area contributed by atoms with Crippen LogP contribution in [0.3, 0.4) is 0 Å². The molecule has 1 aliphatic heterocycles. The lowest BCUT2D eigenvalue weighted by atomic mass is 10.1. The molecule has 1 heterocycles. The van der Waals surface area contributed by atoms with E-state index in [4.69, 9.17) is 9.47 Å². The van der Waals surface area contributed by atoms with Crippen LogP contribution in [0.5, 0.6) is 11.5 Å². The van der Waals surface area contributed by atoms with Crippen LogP contribution in [0.2, 0.25) is 0 Å². The molecule has 4 heteroatoms. The Morgan fingerprint density at radius 3 is 2.48 bits per heavy atom. The summed E-state index contributed by atoms with van der Waals surface area (Å²) >= 11 is 0. The van der Waals surface area contributed by atoms with Gasteiger partial charge >= 0.3 is 0 Å². The highest BCUT2D eigenvalue weighted by Gasteiger charge is 2.41. The number of carbonyl (C=O) groups excluding carboxylic acids is 1. The third-order valence-corrected chi connectivity index (χ3v) is 4.77. The standard InChI is InChI=1S/C19H23NO3/c21-18(20-19(14-4-5-14)15-6-7-15)9-3-13-2-8-16-17(12-13)23-11-1-10-22-16/h2-3,8-9,12,14-15,19H,1,4-7,10-11H2,(H,20,21)/b9-3+. The Hall–Kier alpha value is -1.97. The molecule has 0 radical (unpaired) electrons. The fourth-order valence-corrected chi connectivity index (χ4v) is 3.20. The van der Waals surface area contributed by atoms with Crippen LogP contribution in [0.25, 0.3) is 6.08 Å². The summed E-state index contributed by atoms with van der Waals surface area (Å²) in [5.74, 6) is 3.00. The van der Waals surface area contributed by atoms with Gasteiger partial charge in [0.2, 0.25) is 5.91 Å². The van der Waals surface area contributed by atoms with Crippen LogP contribution >= 0.6 is 0 Å². The van der Waals surface area contributed by atoms with Gasteiger partial charge in [-0.3, -0.25) is 4.79 Å². The van der Waals surface area contributed by atoms with Gasteiger partial charge in [-0.2, -0.15) is 0 Å². The number of nitrogens with one attached hydrogen (secondary N) is 1. The Morgan fingerprint density at radius 1 is 1.09 bits per heavy atom. The van der Waals surface area contributed by atoms with Gasteiger partial charge in [0.25, 0.3) is 0 Å². The number of amides is 1. The zero-order valence-corrected chi connectivity index (χ0v) is 13.3. The van der Waals surface area contributed by atoms with E-state index in [2.05, 4.69) is 5.32 Å². The molecule has 122 valence electrons. The van der Waals surface area contributed by atoms with Gasteiger partial charge in [-0.1, -0.05) is 6.07 Å². The number of rotatable bonds is 5. The van der Waals surface area contributed by atoms with Crippen molar-refractivity contribution in [3.05, 3.63) is 29.8 Å². The molecule has 3 aliphatic rings. The quantitative estimate of drug-likeness (QED) is 0.849. The number of carbonyl (C=O) groups is 1. The van der Waals surface area contributed by atoms with Crippen LogP contribution < -0.4 is 14.8 Å². The molecule has 0 saturated heterocycles. The summed E-state index contributed by atoms with van der Waals surface area (Å²) in [6.07, 6.45) is 9.46. The van der Waals surface area contributed by atoms with Crippen LogP contribution in [0, 0.1) is 11.8 Å². The maximum atomic E-state index is 12.2. The highest BCUT2D eigenvalue weighted by molar-refractivity contribution is 5.92. The molecule has 2 saturated carbocycles. The van der Waals surface area contributed by atoms with E-state index in [1.807, 2.05) is 24.3 Å². The second-order valence-electron chi connectivity index (χ2n) is 6.80. The Kier molecular flexibility index (Phi) is 3.98. The summed E-state index contributed by atoms with van der Waals surface area (Å²) in [5, 5.41) is 3.20. The molecule has 1 N–H and O–H groups in total. The van der Waals surface area contributed by atoms with Gasteiger partial charge in [0.05, 0.1) is 13.2 Å². The smallest absolute Gasteiger partial charge is 0.244 e. The molecule has 23 heavy (non-hydrogen) atoms. The molecule has 0 atom stereocenters. The summed E-state index contributed by atoms with van der Waals surface area (Å²) < 4.78 is 11.3. The maximum absolute atomic E-state index is 12.2. The van der Waals surface area contributed by atoms with E-state index < -0.39 is 0 Å². The highest BCUT2D eigenvalue weighted by atomic mass is 16.5. The van der Waals surface area contributed by atoms with E-state index in [-0.39, 0.29) is 5.91 Å². The second kappa shape index (κ2) is 6.26. The number of fused-ring (bicyclic) bond motifs is 1. The van der Waals surface area contributed by atoms with Gasteiger partial charge in [0, 0.05) is 18.5 Å². The van der Waals surface area contributed by atoms with Crippen molar-refractivity contribution in [2.24, 2.45) is 11.8 Å². The Morgan fingerprint density at radius 2 is 1.78 bits per heavy atom. The monoisotopic (exact) mass is 313 g/mol. The first kappa shape index (κ1) is 14.6. The van der Waals surface area contributed by atoms with E-state index in [1.165, 1.54) is 25.7 Å². The minimum absolute atomic E-state index is 0.0147. The van der Waals surface area contributed by atoms with Crippen molar-refractivity contribution in [2.75, 3.05) is 13.2 Å². The van der Waals surface area contributed by atoms with Crippen molar-refractivity contribution in [3.8, 4) is 11.5 Å². The van der Waals surface area contributed by atoms with Crippen molar-refractivity contribution in [2.45, 2.75) is 38.1 Å². The fraction of sp³-hybridized carbons (Fsp3) is 0.526. The summed E-state index contributed by atoms with van der Waals surface area (Å²) in [4.78, 5) is 12.2. The molecule has 1 aromatic rings. The Bertz CT molecular complexity index is 605. The maximum Gasteiger partial charge on any atom is 0.244 e. The van der Waals surface area contributed by atoms with Gasteiger partial charge in [-0.15, -0.1) is 0 Å². The molecule has 0 bridgehead atoms. The number of hydrogen-bond acceptors (Lipinski definition) is 3. The van der Waals surface area contributed by atoms with Gasteiger partial charge in [0.15, 0.2) is 11.5 Å². The van der Waals surface area contributed by atoms with Gasteiger partial charge in [-0.25, -0.2) is 0 Å². The first-order chi connectivity index (χ1) is 11.3. The van der Waals surface area contributed by atoms with Gasteiger partial charge < -0.3 is 14.8 Å². The average Bonchev–Trinajstić information content (AvgIpc) is 3.41. The van der Waals surface area contributed by atoms with E-state index >= 15 is 0 Å². The van der Waals surface area contributed by atoms with Crippen molar-refractivity contribution in [1.82, 2.24) is 5.32 Å². The van der Waals surface area contributed by atoms with Crippen molar-refractivity contribution < 1.29 is 14.3 Å². The Balaban J connectivity index is 1.39. The molecule has 4 nitrogen and oxygen atoms in total. The minimum Gasteiger partial charge on any atom is -0.490 e. The van der Waals surface area contributed by atoms with Crippen LogP contribution in [0.1, 0.15) is 37.7 Å². The lowest BCUT2D eigenvalue weighted by Gasteiger charge is -2.16. The molecule has 1 amide bonds. The zero-order chi connectivity index (χ0) is 15.6. The predicted molar refractivity (Wildman–Crippen MR) is 88.5 cm³/mol. The van der Waals surface area contributed by atoms with Crippen LogP contribution in [-0.4, -0.2) is 25.2 Å². The van der Waals surface area contributed by atoms with Crippen molar-refractivity contribution >= 4 is 12.0 Å². The third kappa shape index (κ3) is 3.69. The second-order valence-corrected chi connectivity index (χ2v) is 6.80. The zero-order valence-electron chi connectivity index (χ0n) is 13.3. The van der Waals surface area contributed by atoms with E-state index in [1.54, 1.807) is 6.08 Å². The lowest BCUT2D eigenvalue weighted by Crippen LogP contribution is -2.37. The summed E-state index contributed by atoms with van der Waals surface area (Å²) in [6.45, 7) is 1.36. The first-order valence-corrected chi connectivity index (χ1v) is 8.68. The summed E-state index contributed by atoms with van der Waals surface area (Å²) in [6, 6.07) is 6.20. The summed E-state index contributed by atoms with van der Waals surface area (Å²) in [5.41, 5.74) is 0.957. The summed E-state index contributed by atoms with van der Waals surface area (Å²) in [7, 11) is 0. The molecule has 0 aromatic heterocycles. The Labute approximate surface area is 136 Å². The molecule has 2 aliphatic carbocycles. The molecule has 0 unspecified atom stereocenters. The average molecular weight is 313 g/mol. The molecular weight excluding hydrogens is 290 g/mol. The molecular formula is C19H23NO3. The number of ether oxygens (including phenoxy) is 2. The molecule has 4 rings (SSSR count). The van der Waals surface area contributed by atoms with Crippen LogP contribution in [0.15, 0.2) is 24.3 Å². The largest absolute Gasteiger partial charge is 0.490 e. The van der Waals surface area contributed by atoms with E-state index in [9.17, 15) is 4.79 Å². The van der Waals surface area contributed by atoms with Gasteiger partial charge in [-0.05, 0) is 61.3 Å². The molecule has 2 fully saturated rings. The van der Waals surface area contributed by atoms with Crippen molar-refractivity contribution in [1.29, 1.82) is 0 Å². The topological polar surface area (TPSA) is 47.6 Å².